The number of amides is 1. The van der Waals surface area contributed by atoms with E-state index in [0.717, 1.165) is 38.5 Å². The molecule has 2 heterocycles. The summed E-state index contributed by atoms with van der Waals surface area (Å²) in [5.41, 5.74) is 1.44. The van der Waals surface area contributed by atoms with Gasteiger partial charge in [0.1, 0.15) is 0 Å². The lowest BCUT2D eigenvalue weighted by Gasteiger charge is -2.33. The van der Waals surface area contributed by atoms with Gasteiger partial charge < -0.3 is 10.2 Å². The summed E-state index contributed by atoms with van der Waals surface area (Å²) in [5, 5.41) is 3.29. The van der Waals surface area contributed by atoms with Gasteiger partial charge in [-0.25, -0.2) is 0 Å². The van der Waals surface area contributed by atoms with E-state index in [1.165, 1.54) is 31.2 Å². The normalized spacial score (nSPS) is 23.4. The average molecular weight is 286 g/mol. The van der Waals surface area contributed by atoms with Crippen molar-refractivity contribution in [2.75, 3.05) is 26.2 Å². The topological polar surface area (TPSA) is 32.3 Å². The second-order valence-corrected chi connectivity index (χ2v) is 6.48. The summed E-state index contributed by atoms with van der Waals surface area (Å²) in [6.45, 7) is 3.82. The zero-order valence-corrected chi connectivity index (χ0v) is 12.8. The maximum Gasteiger partial charge on any atom is 0.227 e. The molecule has 2 aliphatic rings. The van der Waals surface area contributed by atoms with Gasteiger partial charge in [-0.15, -0.1) is 0 Å². The summed E-state index contributed by atoms with van der Waals surface area (Å²) in [6.07, 6.45) is 5.81. The molecular formula is C18H26N2O. The van der Waals surface area contributed by atoms with Gasteiger partial charge >= 0.3 is 0 Å². The Hall–Kier alpha value is -1.35. The molecule has 0 radical (unpaired) electrons. The molecule has 0 bridgehead atoms. The number of benzene rings is 1. The molecule has 3 rings (SSSR count). The van der Waals surface area contributed by atoms with E-state index in [1.807, 2.05) is 0 Å². The number of hydrogen-bond donors (Lipinski definition) is 1. The number of rotatable bonds is 4. The Morgan fingerprint density at radius 2 is 1.90 bits per heavy atom. The number of piperidine rings is 1. The lowest BCUT2D eigenvalue weighted by Crippen LogP contribution is -2.42. The van der Waals surface area contributed by atoms with Gasteiger partial charge in [-0.1, -0.05) is 30.3 Å². The zero-order valence-electron chi connectivity index (χ0n) is 12.8. The Morgan fingerprint density at radius 3 is 2.57 bits per heavy atom. The zero-order chi connectivity index (χ0) is 14.5. The van der Waals surface area contributed by atoms with E-state index in [4.69, 9.17) is 0 Å². The van der Waals surface area contributed by atoms with Gasteiger partial charge in [-0.3, -0.25) is 4.79 Å². The predicted molar refractivity (Wildman–Crippen MR) is 85.0 cm³/mol. The van der Waals surface area contributed by atoms with Crippen molar-refractivity contribution in [3.05, 3.63) is 35.9 Å². The van der Waals surface area contributed by atoms with Crippen LogP contribution >= 0.6 is 0 Å². The first-order valence-electron chi connectivity index (χ1n) is 8.36. The molecule has 0 saturated carbocycles. The maximum atomic E-state index is 12.4. The van der Waals surface area contributed by atoms with Gasteiger partial charge in [0.25, 0.3) is 0 Å². The highest BCUT2D eigenvalue weighted by Gasteiger charge is 2.29. The molecule has 3 heteroatoms. The molecule has 1 amide bonds. The van der Waals surface area contributed by atoms with Gasteiger partial charge in [0.05, 0.1) is 5.92 Å². The van der Waals surface area contributed by atoms with Crippen LogP contribution in [0, 0.1) is 11.8 Å². The molecule has 1 aromatic rings. The van der Waals surface area contributed by atoms with Crippen LogP contribution in [0.4, 0.5) is 0 Å². The fraction of sp³-hybridized carbons (Fsp3) is 0.611. The summed E-state index contributed by atoms with van der Waals surface area (Å²) in [7, 11) is 0. The molecule has 21 heavy (non-hydrogen) atoms. The maximum absolute atomic E-state index is 12.4. The summed E-state index contributed by atoms with van der Waals surface area (Å²) in [6, 6.07) is 10.7. The molecule has 3 nitrogen and oxygen atoms in total. The molecule has 114 valence electrons. The van der Waals surface area contributed by atoms with Crippen molar-refractivity contribution in [2.24, 2.45) is 11.8 Å². The number of carbonyl (C=O) groups excluding carboxylic acids is 1. The average Bonchev–Trinajstić information content (AvgIpc) is 3.08. The largest absolute Gasteiger partial charge is 0.342 e. The molecule has 0 aliphatic carbocycles. The SMILES string of the molecule is O=C(C1CCNC1)N1CCC(CCc2ccccc2)CC1. The monoisotopic (exact) mass is 286 g/mol. The molecule has 1 unspecified atom stereocenters. The number of nitrogens with zero attached hydrogens (tertiary/aromatic N) is 1. The third-order valence-electron chi connectivity index (χ3n) is 5.02. The van der Waals surface area contributed by atoms with Crippen LogP contribution in [0.5, 0.6) is 0 Å². The van der Waals surface area contributed by atoms with E-state index in [0.29, 0.717) is 5.91 Å². The Balaban J connectivity index is 1.41. The summed E-state index contributed by atoms with van der Waals surface area (Å²) in [4.78, 5) is 14.5. The third-order valence-corrected chi connectivity index (χ3v) is 5.02. The van der Waals surface area contributed by atoms with Crippen LogP contribution in [-0.2, 0) is 11.2 Å². The Kier molecular flexibility index (Phi) is 4.91. The molecule has 0 aromatic heterocycles. The van der Waals surface area contributed by atoms with Gasteiger partial charge in [-0.05, 0) is 50.1 Å². The summed E-state index contributed by atoms with van der Waals surface area (Å²) in [5.74, 6) is 1.42. The second-order valence-electron chi connectivity index (χ2n) is 6.48. The van der Waals surface area contributed by atoms with Crippen LogP contribution in [0.2, 0.25) is 0 Å². The van der Waals surface area contributed by atoms with Crippen molar-refractivity contribution in [3.63, 3.8) is 0 Å². The van der Waals surface area contributed by atoms with E-state index < -0.39 is 0 Å². The first kappa shape index (κ1) is 14.6. The molecule has 1 N–H and O–H groups in total. The quantitative estimate of drug-likeness (QED) is 0.922. The van der Waals surface area contributed by atoms with Crippen LogP contribution in [0.15, 0.2) is 30.3 Å². The Morgan fingerprint density at radius 1 is 1.14 bits per heavy atom. The fourth-order valence-corrected chi connectivity index (χ4v) is 3.58. The summed E-state index contributed by atoms with van der Waals surface area (Å²) < 4.78 is 0. The van der Waals surface area contributed by atoms with Crippen molar-refractivity contribution < 1.29 is 4.79 Å². The van der Waals surface area contributed by atoms with Crippen molar-refractivity contribution in [1.82, 2.24) is 10.2 Å². The molecule has 1 aromatic carbocycles. The number of nitrogens with one attached hydrogen (secondary N) is 1. The predicted octanol–water partition coefficient (Wildman–Crippen LogP) is 2.47. The number of aryl methyl sites for hydroxylation is 1. The minimum atomic E-state index is 0.242. The number of likely N-dealkylation sites (tertiary alicyclic amines) is 1. The molecule has 1 atom stereocenters. The molecule has 2 aliphatic heterocycles. The van der Waals surface area contributed by atoms with Crippen LogP contribution < -0.4 is 5.32 Å². The van der Waals surface area contributed by atoms with Crippen LogP contribution in [-0.4, -0.2) is 37.0 Å². The minimum absolute atomic E-state index is 0.242. The molecule has 2 saturated heterocycles. The molecule has 0 spiro atoms. The lowest BCUT2D eigenvalue weighted by molar-refractivity contribution is -0.136. The fourth-order valence-electron chi connectivity index (χ4n) is 3.58. The molecular weight excluding hydrogens is 260 g/mol. The highest BCUT2D eigenvalue weighted by molar-refractivity contribution is 5.79. The second kappa shape index (κ2) is 7.08. The van der Waals surface area contributed by atoms with E-state index in [2.05, 4.69) is 40.5 Å². The standard InChI is InChI=1S/C18H26N2O/c21-18(17-8-11-19-14-17)20-12-9-16(10-13-20)7-6-15-4-2-1-3-5-15/h1-5,16-17,19H,6-14H2. The van der Waals surface area contributed by atoms with Gasteiger partial charge in [0, 0.05) is 19.6 Å². The number of hydrogen-bond acceptors (Lipinski definition) is 2. The smallest absolute Gasteiger partial charge is 0.227 e. The Labute approximate surface area is 127 Å². The highest BCUT2D eigenvalue weighted by atomic mass is 16.2. The van der Waals surface area contributed by atoms with Crippen molar-refractivity contribution >= 4 is 5.91 Å². The van der Waals surface area contributed by atoms with Gasteiger partial charge in [0.15, 0.2) is 0 Å². The van der Waals surface area contributed by atoms with Crippen LogP contribution in [0.1, 0.15) is 31.2 Å². The molecule has 2 fully saturated rings. The lowest BCUT2D eigenvalue weighted by atomic mass is 9.90. The first-order valence-corrected chi connectivity index (χ1v) is 8.36. The van der Waals surface area contributed by atoms with Gasteiger partial charge in [0.2, 0.25) is 5.91 Å². The van der Waals surface area contributed by atoms with Crippen LogP contribution in [0.25, 0.3) is 0 Å². The van der Waals surface area contributed by atoms with Crippen LogP contribution in [0.3, 0.4) is 0 Å². The van der Waals surface area contributed by atoms with Gasteiger partial charge in [-0.2, -0.15) is 0 Å². The number of carbonyl (C=O) groups is 1. The summed E-state index contributed by atoms with van der Waals surface area (Å²) >= 11 is 0. The van der Waals surface area contributed by atoms with E-state index >= 15 is 0 Å². The highest BCUT2D eigenvalue weighted by Crippen LogP contribution is 2.24. The van der Waals surface area contributed by atoms with E-state index in [-0.39, 0.29) is 5.92 Å². The van der Waals surface area contributed by atoms with Crippen molar-refractivity contribution in [3.8, 4) is 0 Å². The Bertz CT molecular complexity index is 446. The van der Waals surface area contributed by atoms with Crippen molar-refractivity contribution in [1.29, 1.82) is 0 Å². The van der Waals surface area contributed by atoms with E-state index in [9.17, 15) is 4.79 Å². The van der Waals surface area contributed by atoms with Crippen molar-refractivity contribution in [2.45, 2.75) is 32.1 Å². The minimum Gasteiger partial charge on any atom is -0.342 e. The van der Waals surface area contributed by atoms with E-state index in [1.54, 1.807) is 0 Å². The first-order chi connectivity index (χ1) is 10.3. The third kappa shape index (κ3) is 3.85.